The van der Waals surface area contributed by atoms with Crippen LogP contribution in [0.25, 0.3) is 0 Å². The predicted octanol–water partition coefficient (Wildman–Crippen LogP) is 4.57. The van der Waals surface area contributed by atoms with Gasteiger partial charge < -0.3 is 10.2 Å². The van der Waals surface area contributed by atoms with Gasteiger partial charge in [0.15, 0.2) is 11.6 Å². The summed E-state index contributed by atoms with van der Waals surface area (Å²) in [4.78, 5) is 23.8. The summed E-state index contributed by atoms with van der Waals surface area (Å²) < 4.78 is 0. The molecule has 1 aliphatic carbocycles. The van der Waals surface area contributed by atoms with Crippen LogP contribution >= 0.6 is 0 Å². The molecule has 0 aromatic carbocycles. The lowest BCUT2D eigenvalue weighted by Gasteiger charge is -2.18. The van der Waals surface area contributed by atoms with E-state index < -0.39 is 11.9 Å². The summed E-state index contributed by atoms with van der Waals surface area (Å²) in [5.41, 5.74) is -0.160. The zero-order chi connectivity index (χ0) is 17.8. The first-order chi connectivity index (χ1) is 11.6. The third kappa shape index (κ3) is 7.43. The molecule has 1 aliphatic rings. The molecule has 0 saturated heterocycles. The maximum absolute atomic E-state index is 12.1. The van der Waals surface area contributed by atoms with Gasteiger partial charge in [0.2, 0.25) is 0 Å². The van der Waals surface area contributed by atoms with Crippen LogP contribution in [0.4, 0.5) is 0 Å². The van der Waals surface area contributed by atoms with Gasteiger partial charge in [-0.25, -0.2) is 0 Å². The maximum Gasteiger partial charge on any atom is 0.170 e. The second-order valence-corrected chi connectivity index (χ2v) is 6.58. The van der Waals surface area contributed by atoms with Crippen molar-refractivity contribution in [1.29, 1.82) is 0 Å². The third-order valence-corrected chi connectivity index (χ3v) is 4.42. The first-order valence-corrected chi connectivity index (χ1v) is 9.40. The van der Waals surface area contributed by atoms with Crippen molar-refractivity contribution >= 4 is 11.6 Å². The SMILES string of the molecule is CCC/C=C/CCCCCCCCC(=O)C1=C(O)C(O)CCC1=O. The number of carbonyl (C=O) groups excluding carboxylic acids is 2. The lowest BCUT2D eigenvalue weighted by molar-refractivity contribution is -0.123. The Morgan fingerprint density at radius 3 is 2.42 bits per heavy atom. The molecule has 0 aromatic rings. The van der Waals surface area contributed by atoms with E-state index in [1.807, 2.05) is 0 Å². The van der Waals surface area contributed by atoms with E-state index in [-0.39, 0.29) is 36.4 Å². The van der Waals surface area contributed by atoms with Gasteiger partial charge in [-0.3, -0.25) is 9.59 Å². The number of carbonyl (C=O) groups is 2. The second kappa shape index (κ2) is 12.0. The van der Waals surface area contributed by atoms with Crippen LogP contribution in [0.1, 0.15) is 84.0 Å². The Morgan fingerprint density at radius 1 is 1.08 bits per heavy atom. The lowest BCUT2D eigenvalue weighted by Crippen LogP contribution is -2.27. The van der Waals surface area contributed by atoms with Gasteiger partial charge in [-0.2, -0.15) is 0 Å². The Morgan fingerprint density at radius 2 is 1.71 bits per heavy atom. The molecule has 1 rings (SSSR count). The highest BCUT2D eigenvalue weighted by Crippen LogP contribution is 2.23. The normalized spacial score (nSPS) is 18.6. The quantitative estimate of drug-likeness (QED) is 0.311. The molecule has 1 atom stereocenters. The molecule has 0 saturated carbocycles. The van der Waals surface area contributed by atoms with E-state index >= 15 is 0 Å². The van der Waals surface area contributed by atoms with E-state index in [0.717, 1.165) is 25.7 Å². The summed E-state index contributed by atoms with van der Waals surface area (Å²) in [5.74, 6) is -1.08. The van der Waals surface area contributed by atoms with Gasteiger partial charge in [0.25, 0.3) is 0 Å². The fourth-order valence-corrected chi connectivity index (χ4v) is 2.92. The molecule has 1 unspecified atom stereocenters. The van der Waals surface area contributed by atoms with Gasteiger partial charge in [-0.1, -0.05) is 51.2 Å². The first-order valence-electron chi connectivity index (χ1n) is 9.40. The zero-order valence-corrected chi connectivity index (χ0v) is 14.9. The van der Waals surface area contributed by atoms with Gasteiger partial charge in [0, 0.05) is 12.8 Å². The van der Waals surface area contributed by atoms with Crippen molar-refractivity contribution in [2.75, 3.05) is 0 Å². The van der Waals surface area contributed by atoms with Crippen LogP contribution in [0, 0.1) is 0 Å². The van der Waals surface area contributed by atoms with Crippen LogP contribution < -0.4 is 0 Å². The fraction of sp³-hybridized carbons (Fsp3) is 0.700. The number of rotatable bonds is 12. The minimum atomic E-state index is -1.06. The Balaban J connectivity index is 2.12. The maximum atomic E-state index is 12.1. The van der Waals surface area contributed by atoms with Crippen LogP contribution in [0.5, 0.6) is 0 Å². The van der Waals surface area contributed by atoms with E-state index in [2.05, 4.69) is 19.1 Å². The standard InChI is InChI=1S/C20H32O4/c1-2-3-4-5-6-7-8-9-10-11-12-13-16(21)19-17(22)14-15-18(23)20(19)24/h4-5,18,23-24H,2-3,6-15H2,1H3/b5-4+. The molecule has 4 heteroatoms. The van der Waals surface area contributed by atoms with Crippen LogP contribution in [0.15, 0.2) is 23.5 Å². The minimum absolute atomic E-state index is 0.138. The van der Waals surface area contributed by atoms with Crippen molar-refractivity contribution in [2.24, 2.45) is 0 Å². The number of hydrogen-bond donors (Lipinski definition) is 2. The van der Waals surface area contributed by atoms with Crippen molar-refractivity contribution in [3.63, 3.8) is 0 Å². The third-order valence-electron chi connectivity index (χ3n) is 4.42. The molecule has 24 heavy (non-hydrogen) atoms. The average molecular weight is 336 g/mol. The van der Waals surface area contributed by atoms with Crippen molar-refractivity contribution in [1.82, 2.24) is 0 Å². The summed E-state index contributed by atoms with van der Waals surface area (Å²) in [7, 11) is 0. The highest BCUT2D eigenvalue weighted by molar-refractivity contribution is 6.21. The monoisotopic (exact) mass is 336 g/mol. The van der Waals surface area contributed by atoms with E-state index in [1.54, 1.807) is 0 Å². The van der Waals surface area contributed by atoms with Gasteiger partial charge in [-0.15, -0.1) is 0 Å². The number of hydrogen-bond acceptors (Lipinski definition) is 4. The molecule has 0 bridgehead atoms. The molecule has 0 aromatic heterocycles. The number of ketones is 2. The Labute approximate surface area is 145 Å². The minimum Gasteiger partial charge on any atom is -0.509 e. The number of aliphatic hydroxyl groups is 2. The fourth-order valence-electron chi connectivity index (χ4n) is 2.92. The predicted molar refractivity (Wildman–Crippen MR) is 95.9 cm³/mol. The van der Waals surface area contributed by atoms with Gasteiger partial charge in [0.05, 0.1) is 0 Å². The molecule has 2 N–H and O–H groups in total. The molecule has 0 heterocycles. The van der Waals surface area contributed by atoms with Crippen molar-refractivity contribution < 1.29 is 19.8 Å². The lowest BCUT2D eigenvalue weighted by atomic mass is 9.89. The molecular formula is C20H32O4. The highest BCUT2D eigenvalue weighted by atomic mass is 16.3. The molecule has 0 spiro atoms. The van der Waals surface area contributed by atoms with Gasteiger partial charge in [0.1, 0.15) is 17.4 Å². The zero-order valence-electron chi connectivity index (χ0n) is 14.9. The summed E-state index contributed by atoms with van der Waals surface area (Å²) in [6.45, 7) is 2.18. The van der Waals surface area contributed by atoms with E-state index in [0.29, 0.717) is 0 Å². The highest BCUT2D eigenvalue weighted by Gasteiger charge is 2.30. The summed E-state index contributed by atoms with van der Waals surface area (Å²) in [5, 5.41) is 19.3. The summed E-state index contributed by atoms with van der Waals surface area (Å²) in [6.07, 6.45) is 14.0. The Kier molecular flexibility index (Phi) is 10.3. The smallest absolute Gasteiger partial charge is 0.170 e. The Bertz CT molecular complexity index is 462. The van der Waals surface area contributed by atoms with Crippen LogP contribution in [-0.2, 0) is 9.59 Å². The van der Waals surface area contributed by atoms with E-state index in [4.69, 9.17) is 0 Å². The van der Waals surface area contributed by atoms with E-state index in [1.165, 1.54) is 32.1 Å². The summed E-state index contributed by atoms with van der Waals surface area (Å²) >= 11 is 0. The molecule has 136 valence electrons. The largest absolute Gasteiger partial charge is 0.509 e. The van der Waals surface area contributed by atoms with Crippen LogP contribution in [-0.4, -0.2) is 27.9 Å². The first kappa shape index (κ1) is 20.6. The van der Waals surface area contributed by atoms with Crippen LogP contribution in [0.3, 0.4) is 0 Å². The molecular weight excluding hydrogens is 304 g/mol. The van der Waals surface area contributed by atoms with Crippen molar-refractivity contribution in [3.8, 4) is 0 Å². The van der Waals surface area contributed by atoms with E-state index in [9.17, 15) is 19.8 Å². The average Bonchev–Trinajstić information content (AvgIpc) is 2.56. The second-order valence-electron chi connectivity index (χ2n) is 6.58. The molecule has 0 fully saturated rings. The Hall–Kier alpha value is -1.42. The molecule has 4 nitrogen and oxygen atoms in total. The van der Waals surface area contributed by atoms with Crippen molar-refractivity contribution in [2.45, 2.75) is 90.1 Å². The van der Waals surface area contributed by atoms with Gasteiger partial charge >= 0.3 is 0 Å². The molecule has 0 radical (unpaired) electrons. The molecule has 0 aliphatic heterocycles. The number of Topliss-reactive ketones (excluding diaryl/α,β-unsaturated/α-hetero) is 2. The number of allylic oxidation sites excluding steroid dienone is 3. The number of aliphatic hydroxyl groups excluding tert-OH is 2. The number of unbranched alkanes of at least 4 members (excludes halogenated alkanes) is 7. The topological polar surface area (TPSA) is 74.6 Å². The molecule has 0 amide bonds. The van der Waals surface area contributed by atoms with Crippen LogP contribution in [0.2, 0.25) is 0 Å². The summed E-state index contributed by atoms with van der Waals surface area (Å²) in [6, 6.07) is 0. The van der Waals surface area contributed by atoms with Gasteiger partial charge in [-0.05, 0) is 32.1 Å². The van der Waals surface area contributed by atoms with Crippen molar-refractivity contribution in [3.05, 3.63) is 23.5 Å².